The van der Waals surface area contributed by atoms with Crippen LogP contribution in [0.1, 0.15) is 27.7 Å². The van der Waals surface area contributed by atoms with Crippen molar-refractivity contribution in [2.75, 3.05) is 0 Å². The van der Waals surface area contributed by atoms with Crippen molar-refractivity contribution in [3.05, 3.63) is 36.6 Å². The summed E-state index contributed by atoms with van der Waals surface area (Å²) in [4.78, 5) is 24.3. The van der Waals surface area contributed by atoms with Crippen LogP contribution in [0.3, 0.4) is 0 Å². The number of ether oxygens (including phenoxy) is 2. The molecule has 0 atom stereocenters. The standard InChI is InChI=1S/C20H20O5/c1-11(2)19(21)24-16-13-7-5-6-8-14(13)18(25-20(22)12(3)4)17-15(16)9-10-23-17/h5-12H,1-4H3. The first kappa shape index (κ1) is 17.0. The molecule has 3 aromatic rings. The third kappa shape index (κ3) is 3.09. The van der Waals surface area contributed by atoms with Gasteiger partial charge in [-0.05, 0) is 6.07 Å². The van der Waals surface area contributed by atoms with Crippen LogP contribution in [0.25, 0.3) is 21.7 Å². The van der Waals surface area contributed by atoms with Crippen LogP contribution in [0.15, 0.2) is 41.0 Å². The van der Waals surface area contributed by atoms with Gasteiger partial charge in [0, 0.05) is 10.8 Å². The van der Waals surface area contributed by atoms with Crippen LogP contribution < -0.4 is 9.47 Å². The topological polar surface area (TPSA) is 65.7 Å². The van der Waals surface area contributed by atoms with Crippen molar-refractivity contribution in [1.82, 2.24) is 0 Å². The predicted molar refractivity (Wildman–Crippen MR) is 94.7 cm³/mol. The summed E-state index contributed by atoms with van der Waals surface area (Å²) in [5, 5.41) is 1.95. The first-order valence-corrected chi connectivity index (χ1v) is 8.25. The predicted octanol–water partition coefficient (Wildman–Crippen LogP) is 4.71. The number of furan rings is 1. The number of hydrogen-bond acceptors (Lipinski definition) is 5. The summed E-state index contributed by atoms with van der Waals surface area (Å²) < 4.78 is 16.8. The van der Waals surface area contributed by atoms with E-state index in [1.165, 1.54) is 6.26 Å². The van der Waals surface area contributed by atoms with Gasteiger partial charge in [-0.1, -0.05) is 52.0 Å². The van der Waals surface area contributed by atoms with E-state index in [4.69, 9.17) is 13.9 Å². The van der Waals surface area contributed by atoms with Crippen LogP contribution in [0, 0.1) is 11.8 Å². The van der Waals surface area contributed by atoms with Gasteiger partial charge in [0.2, 0.25) is 0 Å². The summed E-state index contributed by atoms with van der Waals surface area (Å²) in [6, 6.07) is 9.02. The van der Waals surface area contributed by atoms with Crippen molar-refractivity contribution >= 4 is 33.7 Å². The highest BCUT2D eigenvalue weighted by molar-refractivity contribution is 6.10. The molecule has 0 fully saturated rings. The van der Waals surface area contributed by atoms with Gasteiger partial charge in [-0.25, -0.2) is 0 Å². The first-order chi connectivity index (χ1) is 11.9. The van der Waals surface area contributed by atoms with Gasteiger partial charge in [-0.3, -0.25) is 9.59 Å². The summed E-state index contributed by atoms with van der Waals surface area (Å²) >= 11 is 0. The van der Waals surface area contributed by atoms with Crippen molar-refractivity contribution in [3.8, 4) is 11.5 Å². The van der Waals surface area contributed by atoms with Crippen LogP contribution in [-0.4, -0.2) is 11.9 Å². The van der Waals surface area contributed by atoms with Gasteiger partial charge in [0.15, 0.2) is 11.3 Å². The number of rotatable bonds is 4. The van der Waals surface area contributed by atoms with E-state index in [0.29, 0.717) is 33.2 Å². The molecule has 5 nitrogen and oxygen atoms in total. The van der Waals surface area contributed by atoms with E-state index in [2.05, 4.69) is 0 Å². The molecule has 0 saturated heterocycles. The Morgan fingerprint density at radius 2 is 1.32 bits per heavy atom. The van der Waals surface area contributed by atoms with Crippen molar-refractivity contribution in [3.63, 3.8) is 0 Å². The van der Waals surface area contributed by atoms with E-state index in [0.717, 1.165) is 0 Å². The molecule has 0 radical (unpaired) electrons. The molecular formula is C20H20O5. The summed E-state index contributed by atoms with van der Waals surface area (Å²) in [6.07, 6.45) is 1.49. The van der Waals surface area contributed by atoms with Crippen molar-refractivity contribution in [2.24, 2.45) is 11.8 Å². The molecule has 5 heteroatoms. The van der Waals surface area contributed by atoms with E-state index in [9.17, 15) is 9.59 Å². The second-order valence-electron chi connectivity index (χ2n) is 6.52. The maximum atomic E-state index is 12.1. The zero-order valence-corrected chi connectivity index (χ0v) is 14.7. The SMILES string of the molecule is CC(C)C(=O)Oc1c2ccccc2c(OC(=O)C(C)C)c2occc12. The normalized spacial score (nSPS) is 11.4. The average molecular weight is 340 g/mol. The number of esters is 2. The molecule has 0 unspecified atom stereocenters. The Morgan fingerprint density at radius 1 is 0.800 bits per heavy atom. The third-order valence-corrected chi connectivity index (χ3v) is 3.88. The molecule has 2 aromatic carbocycles. The summed E-state index contributed by atoms with van der Waals surface area (Å²) in [5.41, 5.74) is 0.388. The second-order valence-corrected chi connectivity index (χ2v) is 6.52. The maximum Gasteiger partial charge on any atom is 0.313 e. The second kappa shape index (κ2) is 6.59. The zero-order valence-electron chi connectivity index (χ0n) is 14.7. The smallest absolute Gasteiger partial charge is 0.313 e. The lowest BCUT2D eigenvalue weighted by atomic mass is 10.0. The summed E-state index contributed by atoms with van der Waals surface area (Å²) in [7, 11) is 0. The molecule has 0 saturated carbocycles. The molecule has 0 aliphatic heterocycles. The van der Waals surface area contributed by atoms with Gasteiger partial charge in [0.05, 0.1) is 23.5 Å². The zero-order chi connectivity index (χ0) is 18.1. The molecule has 0 bridgehead atoms. The monoisotopic (exact) mass is 340 g/mol. The van der Waals surface area contributed by atoms with Gasteiger partial charge in [-0.2, -0.15) is 0 Å². The van der Waals surface area contributed by atoms with Crippen LogP contribution in [-0.2, 0) is 9.59 Å². The van der Waals surface area contributed by atoms with Crippen molar-refractivity contribution in [1.29, 1.82) is 0 Å². The van der Waals surface area contributed by atoms with Gasteiger partial charge >= 0.3 is 11.9 Å². The Kier molecular flexibility index (Phi) is 4.49. The summed E-state index contributed by atoms with van der Waals surface area (Å²) in [6.45, 7) is 7.08. The van der Waals surface area contributed by atoms with E-state index in [1.807, 2.05) is 24.3 Å². The lowest BCUT2D eigenvalue weighted by Crippen LogP contribution is -2.16. The molecule has 0 amide bonds. The van der Waals surface area contributed by atoms with E-state index >= 15 is 0 Å². The molecule has 130 valence electrons. The molecule has 0 N–H and O–H groups in total. The number of carbonyl (C=O) groups excluding carboxylic acids is 2. The Labute approximate surface area is 145 Å². The number of benzene rings is 2. The number of carbonyl (C=O) groups is 2. The highest BCUT2D eigenvalue weighted by Crippen LogP contribution is 2.43. The third-order valence-electron chi connectivity index (χ3n) is 3.88. The fourth-order valence-corrected chi connectivity index (χ4v) is 2.46. The molecular weight excluding hydrogens is 320 g/mol. The Balaban J connectivity index is 2.26. The largest absolute Gasteiger partial charge is 0.460 e. The molecule has 1 aromatic heterocycles. The minimum absolute atomic E-state index is 0.265. The van der Waals surface area contributed by atoms with E-state index in [1.54, 1.807) is 33.8 Å². The Morgan fingerprint density at radius 3 is 1.88 bits per heavy atom. The van der Waals surface area contributed by atoms with Gasteiger partial charge in [0.25, 0.3) is 0 Å². The van der Waals surface area contributed by atoms with Crippen LogP contribution in [0.5, 0.6) is 11.5 Å². The minimum atomic E-state index is -0.352. The van der Waals surface area contributed by atoms with Gasteiger partial charge in [-0.15, -0.1) is 0 Å². The molecule has 1 heterocycles. The molecule has 0 aliphatic carbocycles. The number of fused-ring (bicyclic) bond motifs is 2. The van der Waals surface area contributed by atoms with Crippen LogP contribution in [0.2, 0.25) is 0 Å². The van der Waals surface area contributed by atoms with Gasteiger partial charge in [0.1, 0.15) is 5.75 Å². The molecule has 3 rings (SSSR count). The Bertz CT molecular complexity index is 874. The Hall–Kier alpha value is -2.82. The van der Waals surface area contributed by atoms with Crippen molar-refractivity contribution in [2.45, 2.75) is 27.7 Å². The number of hydrogen-bond donors (Lipinski definition) is 0. The van der Waals surface area contributed by atoms with Crippen molar-refractivity contribution < 1.29 is 23.5 Å². The molecule has 25 heavy (non-hydrogen) atoms. The van der Waals surface area contributed by atoms with Crippen LogP contribution >= 0.6 is 0 Å². The molecule has 0 spiro atoms. The lowest BCUT2D eigenvalue weighted by Gasteiger charge is -2.15. The lowest BCUT2D eigenvalue weighted by molar-refractivity contribution is -0.138. The molecule has 0 aliphatic rings. The van der Waals surface area contributed by atoms with E-state index < -0.39 is 0 Å². The quantitative estimate of drug-likeness (QED) is 0.508. The maximum absolute atomic E-state index is 12.1. The minimum Gasteiger partial charge on any atom is -0.460 e. The fourth-order valence-electron chi connectivity index (χ4n) is 2.46. The highest BCUT2D eigenvalue weighted by atomic mass is 16.5. The average Bonchev–Trinajstić information content (AvgIpc) is 3.06. The van der Waals surface area contributed by atoms with Gasteiger partial charge < -0.3 is 13.9 Å². The summed E-state index contributed by atoms with van der Waals surface area (Å²) in [5.74, 6) is -0.461. The van der Waals surface area contributed by atoms with Crippen LogP contribution in [0.4, 0.5) is 0 Å². The fraction of sp³-hybridized carbons (Fsp3) is 0.300. The van der Waals surface area contributed by atoms with E-state index in [-0.39, 0.29) is 23.8 Å². The first-order valence-electron chi connectivity index (χ1n) is 8.25. The highest BCUT2D eigenvalue weighted by Gasteiger charge is 2.23.